The van der Waals surface area contributed by atoms with Crippen molar-refractivity contribution in [3.8, 4) is 0 Å². The molecule has 14 heteroatoms. The van der Waals surface area contributed by atoms with Crippen LogP contribution in [0, 0.1) is 0 Å². The number of rotatable bonds is 9. The zero-order valence-electron chi connectivity index (χ0n) is 18.1. The minimum absolute atomic E-state index is 0.103. The smallest absolute Gasteiger partial charge is 0.431 e. The molecule has 1 atom stereocenters. The summed E-state index contributed by atoms with van der Waals surface area (Å²) < 4.78 is 79.8. The van der Waals surface area contributed by atoms with Gasteiger partial charge in [0.2, 0.25) is 16.8 Å². The number of hydrogen-bond acceptors (Lipinski definition) is 9. The number of nitrogens with one attached hydrogen (secondary N) is 2. The number of halogens is 3. The summed E-state index contributed by atoms with van der Waals surface area (Å²) in [6.07, 6.45) is -6.00. The van der Waals surface area contributed by atoms with E-state index in [0.717, 1.165) is 18.2 Å². The zero-order valence-corrected chi connectivity index (χ0v) is 18.9. The number of carbonyl (C=O) groups excluding carboxylic acids is 2. The monoisotopic (exact) mass is 497 g/mol. The van der Waals surface area contributed by atoms with Crippen molar-refractivity contribution in [2.24, 2.45) is 0 Å². The highest BCUT2D eigenvalue weighted by Crippen LogP contribution is 2.30. The van der Waals surface area contributed by atoms with Gasteiger partial charge in [0.15, 0.2) is 0 Å². The van der Waals surface area contributed by atoms with E-state index in [1.165, 1.54) is 0 Å². The summed E-state index contributed by atoms with van der Waals surface area (Å²) in [5.41, 5.74) is -1.06. The van der Waals surface area contributed by atoms with Crippen LogP contribution < -0.4 is 10.0 Å². The largest absolute Gasteiger partial charge is 0.511 e. The van der Waals surface area contributed by atoms with Gasteiger partial charge >= 0.3 is 18.3 Å². The van der Waals surface area contributed by atoms with E-state index in [4.69, 9.17) is 9.47 Å². The number of benzene rings is 1. The molecule has 10 nitrogen and oxygen atoms in total. The Morgan fingerprint density at radius 1 is 1.27 bits per heavy atom. The lowest BCUT2D eigenvalue weighted by Crippen LogP contribution is -2.55. The summed E-state index contributed by atoms with van der Waals surface area (Å²) in [5, 5.41) is 3.07. The van der Waals surface area contributed by atoms with E-state index >= 15 is 0 Å². The summed E-state index contributed by atoms with van der Waals surface area (Å²) >= 11 is 0. The number of ether oxygens (including phenoxy) is 3. The molecule has 0 spiro atoms. The Kier molecular flexibility index (Phi) is 9.46. The van der Waals surface area contributed by atoms with Crippen molar-refractivity contribution >= 4 is 22.1 Å². The van der Waals surface area contributed by atoms with Gasteiger partial charge in [-0.2, -0.15) is 13.2 Å². The molecule has 0 amide bonds. The summed E-state index contributed by atoms with van der Waals surface area (Å²) in [6.45, 7) is 3.63. The van der Waals surface area contributed by atoms with Crippen LogP contribution in [0.5, 0.6) is 0 Å². The first-order chi connectivity index (χ1) is 15.4. The van der Waals surface area contributed by atoms with E-state index < -0.39 is 51.6 Å². The molecule has 1 aliphatic rings. The lowest BCUT2D eigenvalue weighted by atomic mass is 10.2. The van der Waals surface area contributed by atoms with Crippen molar-refractivity contribution in [1.82, 2.24) is 14.9 Å². The molecule has 1 heterocycles. The molecule has 0 unspecified atom stereocenters. The van der Waals surface area contributed by atoms with Crippen LogP contribution in [-0.4, -0.2) is 77.1 Å². The second-order valence-corrected chi connectivity index (χ2v) is 9.23. The summed E-state index contributed by atoms with van der Waals surface area (Å²) in [4.78, 5) is 24.3. The van der Waals surface area contributed by atoms with Crippen molar-refractivity contribution < 1.29 is 45.4 Å². The predicted molar refractivity (Wildman–Crippen MR) is 109 cm³/mol. The number of piperazine rings is 1. The van der Waals surface area contributed by atoms with E-state index in [9.17, 15) is 31.2 Å². The SMILES string of the molecule is CC(C)OC(=O)OCOC(=O)CN1CCN[C@H](CNS(=O)(=O)c2cccc(C(F)(F)F)c2)C1. The van der Waals surface area contributed by atoms with Gasteiger partial charge in [-0.05, 0) is 32.0 Å². The Labute approximate surface area is 189 Å². The quantitative estimate of drug-likeness (QED) is 0.384. The maximum absolute atomic E-state index is 12.8. The molecular formula is C19H26F3N3O7S. The van der Waals surface area contributed by atoms with Crippen molar-refractivity contribution in [2.45, 2.75) is 37.1 Å². The number of hydrogen-bond donors (Lipinski definition) is 2. The minimum atomic E-state index is -4.66. The zero-order chi connectivity index (χ0) is 24.6. The first-order valence-electron chi connectivity index (χ1n) is 9.98. The van der Waals surface area contributed by atoms with Gasteiger partial charge in [0, 0.05) is 32.2 Å². The topological polar surface area (TPSA) is 123 Å². The molecule has 33 heavy (non-hydrogen) atoms. The van der Waals surface area contributed by atoms with Crippen LogP contribution in [0.15, 0.2) is 29.2 Å². The van der Waals surface area contributed by atoms with Crippen LogP contribution in [0.4, 0.5) is 18.0 Å². The molecule has 1 fully saturated rings. The molecule has 0 saturated carbocycles. The third-order valence-corrected chi connectivity index (χ3v) is 5.83. The Hall–Kier alpha value is -2.42. The second kappa shape index (κ2) is 11.6. The van der Waals surface area contributed by atoms with Gasteiger partial charge in [-0.25, -0.2) is 17.9 Å². The van der Waals surface area contributed by atoms with Crippen LogP contribution in [0.2, 0.25) is 0 Å². The predicted octanol–water partition coefficient (Wildman–Crippen LogP) is 1.32. The van der Waals surface area contributed by atoms with Gasteiger partial charge in [-0.15, -0.1) is 0 Å². The van der Waals surface area contributed by atoms with Crippen molar-refractivity contribution in [3.63, 3.8) is 0 Å². The first-order valence-corrected chi connectivity index (χ1v) is 11.5. The summed E-state index contributed by atoms with van der Waals surface area (Å²) in [6, 6.07) is 3.06. The maximum Gasteiger partial charge on any atom is 0.511 e. The Morgan fingerprint density at radius 2 is 2.00 bits per heavy atom. The molecule has 0 radical (unpaired) electrons. The molecular weight excluding hydrogens is 471 g/mol. The fourth-order valence-electron chi connectivity index (χ4n) is 2.91. The van der Waals surface area contributed by atoms with E-state index in [1.54, 1.807) is 18.7 Å². The summed E-state index contributed by atoms with van der Waals surface area (Å²) in [5.74, 6) is -0.655. The molecule has 1 saturated heterocycles. The van der Waals surface area contributed by atoms with E-state index in [1.807, 2.05) is 0 Å². The average Bonchev–Trinajstić information content (AvgIpc) is 2.71. The molecule has 2 rings (SSSR count). The highest BCUT2D eigenvalue weighted by atomic mass is 32.2. The molecule has 1 aliphatic heterocycles. The number of sulfonamides is 1. The number of nitrogens with zero attached hydrogens (tertiary/aromatic N) is 1. The van der Waals surface area contributed by atoms with Crippen LogP contribution in [0.25, 0.3) is 0 Å². The van der Waals surface area contributed by atoms with E-state index in [2.05, 4.69) is 14.8 Å². The molecule has 1 aromatic rings. The Balaban J connectivity index is 1.81. The molecule has 1 aromatic carbocycles. The Morgan fingerprint density at radius 3 is 2.67 bits per heavy atom. The Bertz CT molecular complexity index is 925. The minimum Gasteiger partial charge on any atom is -0.431 e. The highest BCUT2D eigenvalue weighted by molar-refractivity contribution is 7.89. The number of esters is 1. The van der Waals surface area contributed by atoms with E-state index in [0.29, 0.717) is 19.2 Å². The van der Waals surface area contributed by atoms with Crippen LogP contribution in [0.3, 0.4) is 0 Å². The van der Waals surface area contributed by atoms with Gasteiger partial charge < -0.3 is 19.5 Å². The first kappa shape index (κ1) is 26.8. The lowest BCUT2D eigenvalue weighted by Gasteiger charge is -2.33. The van der Waals surface area contributed by atoms with Crippen LogP contribution in [0.1, 0.15) is 19.4 Å². The fraction of sp³-hybridized carbons (Fsp3) is 0.579. The van der Waals surface area contributed by atoms with Crippen molar-refractivity contribution in [1.29, 1.82) is 0 Å². The number of carbonyl (C=O) groups is 2. The lowest BCUT2D eigenvalue weighted by molar-refractivity contribution is -0.155. The van der Waals surface area contributed by atoms with Gasteiger partial charge in [-0.3, -0.25) is 9.69 Å². The normalized spacial score (nSPS) is 17.6. The van der Waals surface area contributed by atoms with Gasteiger partial charge in [0.05, 0.1) is 23.1 Å². The van der Waals surface area contributed by atoms with Crippen molar-refractivity contribution in [3.05, 3.63) is 29.8 Å². The number of alkyl halides is 3. The molecule has 0 aliphatic carbocycles. The molecule has 0 bridgehead atoms. The van der Waals surface area contributed by atoms with Gasteiger partial charge in [-0.1, -0.05) is 6.07 Å². The maximum atomic E-state index is 12.8. The third-order valence-electron chi connectivity index (χ3n) is 4.41. The van der Waals surface area contributed by atoms with Crippen molar-refractivity contribution in [2.75, 3.05) is 39.5 Å². The third kappa shape index (κ3) is 9.15. The summed E-state index contributed by atoms with van der Waals surface area (Å²) in [7, 11) is -4.17. The van der Waals surface area contributed by atoms with Crippen LogP contribution >= 0.6 is 0 Å². The second-order valence-electron chi connectivity index (χ2n) is 7.46. The average molecular weight is 497 g/mol. The van der Waals surface area contributed by atoms with Crippen LogP contribution in [-0.2, 0) is 35.2 Å². The molecule has 186 valence electrons. The van der Waals surface area contributed by atoms with Gasteiger partial charge in [0.25, 0.3) is 0 Å². The van der Waals surface area contributed by atoms with Gasteiger partial charge in [0.1, 0.15) is 0 Å². The highest BCUT2D eigenvalue weighted by Gasteiger charge is 2.32. The van der Waals surface area contributed by atoms with E-state index in [-0.39, 0.29) is 25.7 Å². The fourth-order valence-corrected chi connectivity index (χ4v) is 4.03. The molecule has 0 aromatic heterocycles. The molecule has 2 N–H and O–H groups in total. The standard InChI is InChI=1S/C19H26F3N3O7S/c1-13(2)32-18(27)31-12-30-17(26)11-25-7-6-23-15(10-25)9-24-33(28,29)16-5-3-4-14(8-16)19(20,21)22/h3-5,8,13,15,23-24H,6-7,9-12H2,1-2H3/t15-/m1/s1.